The van der Waals surface area contributed by atoms with Crippen LogP contribution in [0.5, 0.6) is 0 Å². The fraction of sp³-hybridized carbons (Fsp3) is 0.375. The van der Waals surface area contributed by atoms with E-state index in [9.17, 15) is 4.79 Å². The Bertz CT molecular complexity index is 858. The van der Waals surface area contributed by atoms with E-state index in [0.29, 0.717) is 6.54 Å². The number of nitrogens with zero attached hydrogens (tertiary/aromatic N) is 2. The molecule has 0 aromatic heterocycles. The van der Waals surface area contributed by atoms with Crippen LogP contribution in [0.15, 0.2) is 60.7 Å². The molecule has 0 spiro atoms. The molecule has 28 heavy (non-hydrogen) atoms. The van der Waals surface area contributed by atoms with Crippen molar-refractivity contribution in [1.29, 1.82) is 0 Å². The number of thioether (sulfide) groups is 1. The summed E-state index contributed by atoms with van der Waals surface area (Å²) in [6.45, 7) is 2.80. The molecule has 2 aliphatic heterocycles. The van der Waals surface area contributed by atoms with Crippen molar-refractivity contribution in [2.75, 3.05) is 5.75 Å². The SMILES string of the molecule is CCCCC#C[C@@H]1[C@@H]2CS[C@@H](c3ccccc3)N2C(=O)N1Cc1ccccc1. The Balaban J connectivity index is 1.62. The third kappa shape index (κ3) is 3.77. The van der Waals surface area contributed by atoms with Gasteiger partial charge in [-0.1, -0.05) is 79.9 Å². The number of rotatable bonds is 5. The Morgan fingerprint density at radius 2 is 1.79 bits per heavy atom. The molecule has 4 rings (SSSR count). The van der Waals surface area contributed by atoms with Crippen LogP contribution in [0, 0.1) is 11.8 Å². The monoisotopic (exact) mass is 390 g/mol. The summed E-state index contributed by atoms with van der Waals surface area (Å²) in [5, 5.41) is 0.0828. The molecule has 144 valence electrons. The maximum Gasteiger partial charge on any atom is 0.322 e. The Hall–Kier alpha value is -2.38. The van der Waals surface area contributed by atoms with Gasteiger partial charge in [0, 0.05) is 18.7 Å². The van der Waals surface area contributed by atoms with Crippen LogP contribution < -0.4 is 0 Å². The van der Waals surface area contributed by atoms with Gasteiger partial charge in [-0.05, 0) is 17.5 Å². The lowest BCUT2D eigenvalue weighted by Crippen LogP contribution is -2.35. The molecule has 0 N–H and O–H groups in total. The molecular weight excluding hydrogens is 364 g/mol. The van der Waals surface area contributed by atoms with Gasteiger partial charge in [-0.25, -0.2) is 4.79 Å². The summed E-state index contributed by atoms with van der Waals surface area (Å²) in [6, 6.07) is 20.8. The minimum atomic E-state index is -0.0363. The standard InChI is InChI=1S/C24H26N2OS/c1-2-3-4-11-16-21-22-18-28-23(20-14-9-6-10-15-20)26(22)24(27)25(21)17-19-12-7-5-8-13-19/h5-10,12-15,21-23H,2-4,17-18H2,1H3/t21-,22+,23+/m1/s1. The first kappa shape index (κ1) is 19.0. The second-order valence-electron chi connectivity index (χ2n) is 7.34. The molecule has 2 saturated heterocycles. The van der Waals surface area contributed by atoms with Crippen molar-refractivity contribution in [3.8, 4) is 11.8 Å². The first-order valence-electron chi connectivity index (χ1n) is 10.1. The van der Waals surface area contributed by atoms with Crippen LogP contribution in [-0.4, -0.2) is 33.7 Å². The molecule has 2 aliphatic rings. The molecule has 2 aromatic carbocycles. The van der Waals surface area contributed by atoms with Crippen LogP contribution in [0.25, 0.3) is 0 Å². The van der Waals surface area contributed by atoms with E-state index in [0.717, 1.165) is 30.6 Å². The number of fused-ring (bicyclic) bond motifs is 1. The van der Waals surface area contributed by atoms with Gasteiger partial charge in [0.15, 0.2) is 0 Å². The fourth-order valence-corrected chi connectivity index (χ4v) is 5.40. The Labute approximate surface area is 172 Å². The third-order valence-electron chi connectivity index (χ3n) is 5.39. The van der Waals surface area contributed by atoms with Crippen molar-refractivity contribution in [3.63, 3.8) is 0 Å². The van der Waals surface area contributed by atoms with E-state index < -0.39 is 0 Å². The van der Waals surface area contributed by atoms with E-state index >= 15 is 0 Å². The van der Waals surface area contributed by atoms with Crippen LogP contribution in [0.1, 0.15) is 42.7 Å². The molecule has 3 atom stereocenters. The van der Waals surface area contributed by atoms with Crippen LogP contribution in [0.3, 0.4) is 0 Å². The van der Waals surface area contributed by atoms with Crippen molar-refractivity contribution in [1.82, 2.24) is 9.80 Å². The molecule has 2 aromatic rings. The van der Waals surface area contributed by atoms with E-state index in [1.165, 1.54) is 5.56 Å². The Morgan fingerprint density at radius 1 is 1.07 bits per heavy atom. The quantitative estimate of drug-likeness (QED) is 0.511. The summed E-state index contributed by atoms with van der Waals surface area (Å²) in [5.41, 5.74) is 2.35. The summed E-state index contributed by atoms with van der Waals surface area (Å²) < 4.78 is 0. The molecule has 0 aliphatic carbocycles. The van der Waals surface area contributed by atoms with Crippen molar-refractivity contribution in [3.05, 3.63) is 71.8 Å². The number of hydrogen-bond donors (Lipinski definition) is 0. The maximum absolute atomic E-state index is 13.4. The van der Waals surface area contributed by atoms with Crippen LogP contribution in [0.4, 0.5) is 4.79 Å². The number of carbonyl (C=O) groups is 1. The fourth-order valence-electron chi connectivity index (χ4n) is 3.92. The van der Waals surface area contributed by atoms with Crippen molar-refractivity contribution >= 4 is 17.8 Å². The maximum atomic E-state index is 13.4. The first-order valence-corrected chi connectivity index (χ1v) is 11.1. The van der Waals surface area contributed by atoms with Gasteiger partial charge in [0.1, 0.15) is 11.4 Å². The molecule has 3 nitrogen and oxygen atoms in total. The number of urea groups is 1. The van der Waals surface area contributed by atoms with Crippen molar-refractivity contribution in [2.24, 2.45) is 0 Å². The van der Waals surface area contributed by atoms with Gasteiger partial charge in [-0.2, -0.15) is 0 Å². The Kier molecular flexibility index (Phi) is 5.92. The topological polar surface area (TPSA) is 23.6 Å². The minimum absolute atomic E-state index is 0.0363. The van der Waals surface area contributed by atoms with E-state index in [1.807, 2.05) is 53.1 Å². The molecular formula is C24H26N2OS. The lowest BCUT2D eigenvalue weighted by atomic mass is 10.1. The predicted octanol–water partition coefficient (Wildman–Crippen LogP) is 5.30. The van der Waals surface area contributed by atoms with E-state index in [1.54, 1.807) is 0 Å². The summed E-state index contributed by atoms with van der Waals surface area (Å²) in [7, 11) is 0. The zero-order chi connectivity index (χ0) is 19.3. The van der Waals surface area contributed by atoms with Crippen molar-refractivity contribution < 1.29 is 4.79 Å². The average Bonchev–Trinajstić information content (AvgIpc) is 3.28. The van der Waals surface area contributed by atoms with E-state index in [2.05, 4.69) is 47.9 Å². The van der Waals surface area contributed by atoms with Crippen molar-refractivity contribution in [2.45, 2.75) is 50.2 Å². The van der Waals surface area contributed by atoms with Crippen LogP contribution in [-0.2, 0) is 6.54 Å². The van der Waals surface area contributed by atoms with Gasteiger partial charge in [-0.3, -0.25) is 0 Å². The molecule has 2 fully saturated rings. The molecule has 0 saturated carbocycles. The zero-order valence-electron chi connectivity index (χ0n) is 16.3. The summed E-state index contributed by atoms with van der Waals surface area (Å²) >= 11 is 1.86. The normalized spacial score (nSPS) is 23.5. The molecule has 2 heterocycles. The molecule has 2 amide bonds. The highest BCUT2D eigenvalue weighted by Crippen LogP contribution is 2.47. The highest BCUT2D eigenvalue weighted by atomic mass is 32.2. The van der Waals surface area contributed by atoms with Gasteiger partial charge in [-0.15, -0.1) is 17.7 Å². The lowest BCUT2D eigenvalue weighted by molar-refractivity contribution is 0.184. The van der Waals surface area contributed by atoms with Gasteiger partial charge < -0.3 is 9.80 Å². The molecule has 4 heteroatoms. The van der Waals surface area contributed by atoms with Gasteiger partial charge >= 0.3 is 6.03 Å². The number of unbranched alkanes of at least 4 members (excludes halogenated alkanes) is 2. The lowest BCUT2D eigenvalue weighted by Gasteiger charge is -2.24. The largest absolute Gasteiger partial charge is 0.322 e. The summed E-state index contributed by atoms with van der Waals surface area (Å²) in [6.07, 6.45) is 3.16. The first-order chi connectivity index (χ1) is 13.8. The number of benzene rings is 2. The minimum Gasteiger partial charge on any atom is -0.304 e. The predicted molar refractivity (Wildman–Crippen MR) is 116 cm³/mol. The Morgan fingerprint density at radius 3 is 2.50 bits per heavy atom. The molecule has 0 bridgehead atoms. The van der Waals surface area contributed by atoms with Gasteiger partial charge in [0.2, 0.25) is 0 Å². The summed E-state index contributed by atoms with van der Waals surface area (Å²) in [4.78, 5) is 17.5. The number of hydrogen-bond acceptors (Lipinski definition) is 2. The summed E-state index contributed by atoms with van der Waals surface area (Å²) in [5.74, 6) is 7.75. The number of carbonyl (C=O) groups excluding carboxylic acids is 1. The third-order valence-corrected chi connectivity index (χ3v) is 6.74. The van der Waals surface area contributed by atoms with Gasteiger partial charge in [0.25, 0.3) is 0 Å². The second-order valence-corrected chi connectivity index (χ2v) is 8.45. The van der Waals surface area contributed by atoms with E-state index in [-0.39, 0.29) is 23.5 Å². The highest BCUT2D eigenvalue weighted by molar-refractivity contribution is 7.99. The average molecular weight is 391 g/mol. The van der Waals surface area contributed by atoms with Crippen LogP contribution in [0.2, 0.25) is 0 Å². The smallest absolute Gasteiger partial charge is 0.304 e. The van der Waals surface area contributed by atoms with E-state index in [4.69, 9.17) is 0 Å². The second kappa shape index (κ2) is 8.75. The molecule has 0 unspecified atom stereocenters. The highest BCUT2D eigenvalue weighted by Gasteiger charge is 2.52. The van der Waals surface area contributed by atoms with Crippen LogP contribution >= 0.6 is 11.8 Å². The van der Waals surface area contributed by atoms with Gasteiger partial charge in [0.05, 0.1) is 6.04 Å². The zero-order valence-corrected chi connectivity index (χ0v) is 17.1. The molecule has 0 radical (unpaired) electrons. The number of amides is 2.